The van der Waals surface area contributed by atoms with Crippen molar-refractivity contribution in [2.75, 3.05) is 17.8 Å². The molecule has 0 radical (unpaired) electrons. The second-order valence-corrected chi connectivity index (χ2v) is 9.57. The first kappa shape index (κ1) is 27.5. The molecule has 0 amide bonds. The van der Waals surface area contributed by atoms with E-state index < -0.39 is 11.9 Å². The molecule has 4 atom stereocenters. The maximum atomic E-state index is 13.2. The van der Waals surface area contributed by atoms with Crippen LogP contribution in [0.25, 0.3) is 0 Å². The monoisotopic (exact) mass is 463 g/mol. The van der Waals surface area contributed by atoms with Crippen LogP contribution in [0.2, 0.25) is 0 Å². The van der Waals surface area contributed by atoms with Gasteiger partial charge in [0.05, 0.1) is 5.92 Å². The average molecular weight is 464 g/mol. The number of carbonyl (C=O) groups is 2. The summed E-state index contributed by atoms with van der Waals surface area (Å²) in [4.78, 5) is 24.8. The number of ketones is 1. The van der Waals surface area contributed by atoms with Crippen LogP contribution in [0, 0.1) is 23.7 Å². The second-order valence-electron chi connectivity index (χ2n) is 8.22. The molecule has 0 aliphatic rings. The Morgan fingerprint density at radius 1 is 1.13 bits per heavy atom. The predicted molar refractivity (Wildman–Crippen MR) is 136 cm³/mol. The van der Waals surface area contributed by atoms with Crippen molar-refractivity contribution in [2.45, 2.75) is 39.2 Å². The van der Waals surface area contributed by atoms with Crippen molar-refractivity contribution >= 4 is 36.1 Å². The minimum absolute atomic E-state index is 0.0212. The molecule has 4 nitrogen and oxygen atoms in total. The van der Waals surface area contributed by atoms with E-state index >= 15 is 0 Å². The number of Topliss-reactive ketones (excluding diaryl/α,β-unsaturated/α-hetero) is 1. The first-order valence-electron chi connectivity index (χ1n) is 10.8. The Morgan fingerprint density at radius 2 is 1.77 bits per heavy atom. The summed E-state index contributed by atoms with van der Waals surface area (Å²) < 4.78 is 0. The fourth-order valence-corrected chi connectivity index (χ4v) is 3.87. The van der Waals surface area contributed by atoms with Gasteiger partial charge in [-0.05, 0) is 42.2 Å². The van der Waals surface area contributed by atoms with Gasteiger partial charge in [0.1, 0.15) is 5.78 Å². The largest absolute Gasteiger partial charge is 0.481 e. The number of thioether (sulfide) groups is 1. The van der Waals surface area contributed by atoms with Crippen LogP contribution in [-0.4, -0.2) is 40.7 Å². The van der Waals surface area contributed by atoms with E-state index in [-0.39, 0.29) is 30.1 Å². The number of allylic oxidation sites excluding steroid dienone is 3. The molecule has 0 fully saturated rings. The number of rotatable bonds is 15. The Hall–Kier alpha value is -1.50. The number of thiol groups is 1. The molecule has 31 heavy (non-hydrogen) atoms. The van der Waals surface area contributed by atoms with Crippen LogP contribution < -0.4 is 5.73 Å². The van der Waals surface area contributed by atoms with E-state index in [0.29, 0.717) is 24.5 Å². The lowest BCUT2D eigenvalue weighted by Gasteiger charge is -2.18. The first-order valence-corrected chi connectivity index (χ1v) is 12.8. The predicted octanol–water partition coefficient (Wildman–Crippen LogP) is 4.90. The van der Waals surface area contributed by atoms with E-state index in [1.54, 1.807) is 11.8 Å². The minimum Gasteiger partial charge on any atom is -0.481 e. The van der Waals surface area contributed by atoms with Crippen molar-refractivity contribution in [1.82, 2.24) is 0 Å². The highest BCUT2D eigenvalue weighted by molar-refractivity contribution is 7.98. The Kier molecular flexibility index (Phi) is 13.6. The number of carboxylic acids is 1. The SMILES string of the molecule is CSCC[C@H](CC(=O)[C@H](/C=C\[C@@H](/C=C/[C@@H](N)CS)C(C)C)Cc1ccccc1)C(=O)O. The summed E-state index contributed by atoms with van der Waals surface area (Å²) in [6.45, 7) is 4.25. The molecule has 0 heterocycles. The highest BCUT2D eigenvalue weighted by atomic mass is 32.2. The molecule has 1 aromatic rings. The van der Waals surface area contributed by atoms with E-state index in [9.17, 15) is 14.7 Å². The number of carboxylic acid groups (broad SMARTS) is 1. The first-order chi connectivity index (χ1) is 14.8. The smallest absolute Gasteiger partial charge is 0.306 e. The third-order valence-electron chi connectivity index (χ3n) is 5.31. The minimum atomic E-state index is -0.895. The zero-order valence-corrected chi connectivity index (χ0v) is 20.5. The maximum Gasteiger partial charge on any atom is 0.306 e. The summed E-state index contributed by atoms with van der Waals surface area (Å²) in [5.41, 5.74) is 7.02. The van der Waals surface area contributed by atoms with Gasteiger partial charge in [0.2, 0.25) is 0 Å². The molecule has 0 aliphatic heterocycles. The molecule has 0 unspecified atom stereocenters. The molecule has 172 valence electrons. The third-order valence-corrected chi connectivity index (χ3v) is 6.37. The van der Waals surface area contributed by atoms with Crippen molar-refractivity contribution in [1.29, 1.82) is 0 Å². The fourth-order valence-electron chi connectivity index (χ4n) is 3.23. The van der Waals surface area contributed by atoms with E-state index in [0.717, 1.165) is 11.3 Å². The Bertz CT molecular complexity index is 719. The van der Waals surface area contributed by atoms with E-state index in [4.69, 9.17) is 5.73 Å². The molecule has 1 rings (SSSR count). The molecule has 0 spiro atoms. The summed E-state index contributed by atoms with van der Waals surface area (Å²) in [6.07, 6.45) is 11.1. The zero-order valence-electron chi connectivity index (χ0n) is 18.8. The fraction of sp³-hybridized carbons (Fsp3) is 0.520. The Morgan fingerprint density at radius 3 is 2.32 bits per heavy atom. The second kappa shape index (κ2) is 15.3. The lowest BCUT2D eigenvalue weighted by molar-refractivity contribution is -0.144. The van der Waals surface area contributed by atoms with Crippen LogP contribution in [-0.2, 0) is 16.0 Å². The number of nitrogens with two attached hydrogens (primary N) is 1. The molecule has 6 heteroatoms. The number of hydrogen-bond donors (Lipinski definition) is 3. The zero-order chi connectivity index (χ0) is 23.2. The van der Waals surface area contributed by atoms with Crippen molar-refractivity contribution in [3.63, 3.8) is 0 Å². The van der Waals surface area contributed by atoms with Gasteiger partial charge in [-0.3, -0.25) is 9.59 Å². The Balaban J connectivity index is 3.06. The van der Waals surface area contributed by atoms with Crippen LogP contribution >= 0.6 is 24.4 Å². The summed E-state index contributed by atoms with van der Waals surface area (Å²) in [5.74, 6) is -0.112. The van der Waals surface area contributed by atoms with Gasteiger partial charge in [0.25, 0.3) is 0 Å². The third kappa shape index (κ3) is 11.1. The van der Waals surface area contributed by atoms with Crippen LogP contribution in [0.5, 0.6) is 0 Å². The molecule has 0 bridgehead atoms. The highest BCUT2D eigenvalue weighted by Crippen LogP contribution is 2.22. The lowest BCUT2D eigenvalue weighted by atomic mass is 9.86. The van der Waals surface area contributed by atoms with Crippen molar-refractivity contribution in [3.8, 4) is 0 Å². The molecular weight excluding hydrogens is 426 g/mol. The summed E-state index contributed by atoms with van der Waals surface area (Å²) in [5, 5.41) is 9.55. The topological polar surface area (TPSA) is 80.4 Å². The van der Waals surface area contributed by atoms with Gasteiger partial charge in [-0.15, -0.1) is 0 Å². The molecule has 0 aliphatic carbocycles. The van der Waals surface area contributed by atoms with Gasteiger partial charge in [0, 0.05) is 24.1 Å². The van der Waals surface area contributed by atoms with Gasteiger partial charge in [-0.2, -0.15) is 24.4 Å². The maximum absolute atomic E-state index is 13.2. The van der Waals surface area contributed by atoms with Crippen molar-refractivity contribution in [2.24, 2.45) is 29.4 Å². The standard InChI is InChI=1S/C25H37NO3S2/c1-18(2)20(11-12-23(26)17-30)9-10-21(15-19-7-5-4-6-8-19)24(27)16-22(25(28)29)13-14-31-3/h4-12,18,20-23,30H,13-17,26H2,1-3H3,(H,28,29)/b10-9-,12-11+/t20-,21+,22+,23+/m0/s1. The Labute approximate surface area is 197 Å². The van der Waals surface area contributed by atoms with Crippen molar-refractivity contribution in [3.05, 3.63) is 60.2 Å². The molecule has 0 saturated carbocycles. The molecule has 0 saturated heterocycles. The summed E-state index contributed by atoms with van der Waals surface area (Å²) in [6, 6.07) is 9.76. The molecule has 0 aromatic heterocycles. The molecule has 3 N–H and O–H groups in total. The molecule has 1 aromatic carbocycles. The average Bonchev–Trinajstić information content (AvgIpc) is 2.75. The summed E-state index contributed by atoms with van der Waals surface area (Å²) in [7, 11) is 0. The van der Waals surface area contributed by atoms with Gasteiger partial charge in [-0.25, -0.2) is 0 Å². The van der Waals surface area contributed by atoms with Crippen LogP contribution in [0.4, 0.5) is 0 Å². The van der Waals surface area contributed by atoms with E-state index in [1.807, 2.05) is 48.7 Å². The van der Waals surface area contributed by atoms with Crippen LogP contribution in [0.15, 0.2) is 54.6 Å². The van der Waals surface area contributed by atoms with Gasteiger partial charge in [-0.1, -0.05) is 68.5 Å². The summed E-state index contributed by atoms with van der Waals surface area (Å²) >= 11 is 5.82. The van der Waals surface area contributed by atoms with Crippen molar-refractivity contribution < 1.29 is 14.7 Å². The number of hydrogen-bond acceptors (Lipinski definition) is 5. The van der Waals surface area contributed by atoms with Gasteiger partial charge >= 0.3 is 5.97 Å². The number of carbonyl (C=O) groups excluding carboxylic acids is 1. The quantitative estimate of drug-likeness (QED) is 0.255. The highest BCUT2D eigenvalue weighted by Gasteiger charge is 2.25. The van der Waals surface area contributed by atoms with Crippen LogP contribution in [0.1, 0.15) is 32.3 Å². The van der Waals surface area contributed by atoms with E-state index in [2.05, 4.69) is 38.6 Å². The van der Waals surface area contributed by atoms with E-state index in [1.165, 1.54) is 0 Å². The molecular formula is C25H37NO3S2. The van der Waals surface area contributed by atoms with Gasteiger partial charge < -0.3 is 10.8 Å². The normalized spacial score (nSPS) is 15.9. The lowest BCUT2D eigenvalue weighted by Crippen LogP contribution is -2.24. The van der Waals surface area contributed by atoms with Crippen LogP contribution in [0.3, 0.4) is 0 Å². The number of benzene rings is 1. The van der Waals surface area contributed by atoms with Gasteiger partial charge in [0.15, 0.2) is 0 Å². The number of aliphatic carboxylic acids is 1.